The summed E-state index contributed by atoms with van der Waals surface area (Å²) in [4.78, 5) is 13.4. The van der Waals surface area contributed by atoms with Gasteiger partial charge in [0.1, 0.15) is 5.00 Å². The predicted molar refractivity (Wildman–Crippen MR) is 117 cm³/mol. The average molecular weight is 415 g/mol. The number of anilines is 1. The first-order valence-corrected chi connectivity index (χ1v) is 10.1. The summed E-state index contributed by atoms with van der Waals surface area (Å²) in [5.74, 6) is -0.366. The summed E-state index contributed by atoms with van der Waals surface area (Å²) in [6.45, 7) is 4.66. The fourth-order valence-corrected chi connectivity index (χ4v) is 3.92. The molecule has 0 saturated heterocycles. The topological polar surface area (TPSA) is 68.2 Å². The molecule has 0 amide bonds. The number of aromatic nitrogens is 2. The van der Waals surface area contributed by atoms with Crippen molar-refractivity contribution < 1.29 is 9.53 Å². The van der Waals surface area contributed by atoms with E-state index in [0.717, 1.165) is 21.7 Å². The zero-order valence-corrected chi connectivity index (χ0v) is 17.6. The van der Waals surface area contributed by atoms with Gasteiger partial charge in [-0.15, -0.1) is 11.3 Å². The third-order valence-corrected chi connectivity index (χ3v) is 5.64. The number of ether oxygens (including phenoxy) is 1. The fraction of sp³-hybridized carbons (Fsp3) is 0.250. The zero-order valence-electron chi connectivity index (χ0n) is 16.0. The Hall–Kier alpha value is -2.71. The lowest BCUT2D eigenvalue weighted by atomic mass is 10.1. The Labute approximate surface area is 173 Å². The van der Waals surface area contributed by atoms with Gasteiger partial charge in [0.15, 0.2) is 5.11 Å². The molecule has 146 valence electrons. The molecule has 2 aromatic heterocycles. The maximum atomic E-state index is 12.4. The van der Waals surface area contributed by atoms with Gasteiger partial charge < -0.3 is 15.4 Å². The highest BCUT2D eigenvalue weighted by atomic mass is 32.1. The minimum atomic E-state index is -0.366. The van der Waals surface area contributed by atoms with Gasteiger partial charge in [-0.25, -0.2) is 4.79 Å². The minimum absolute atomic E-state index is 0.317. The molecule has 3 aromatic rings. The molecule has 0 bridgehead atoms. The summed E-state index contributed by atoms with van der Waals surface area (Å²) in [6.07, 6.45) is 1.81. The van der Waals surface area contributed by atoms with Crippen molar-refractivity contribution in [1.29, 1.82) is 0 Å². The number of rotatable bonds is 6. The second kappa shape index (κ2) is 8.99. The number of carbonyl (C=O) groups is 1. The summed E-state index contributed by atoms with van der Waals surface area (Å²) < 4.78 is 7.02. The lowest BCUT2D eigenvalue weighted by molar-refractivity contribution is 0.0528. The molecule has 6 nitrogen and oxygen atoms in total. The average Bonchev–Trinajstić information content (AvgIpc) is 3.25. The van der Waals surface area contributed by atoms with Crippen LogP contribution in [0.25, 0.3) is 10.4 Å². The third kappa shape index (κ3) is 4.58. The van der Waals surface area contributed by atoms with Crippen LogP contribution in [0.5, 0.6) is 0 Å². The van der Waals surface area contributed by atoms with E-state index in [4.69, 9.17) is 17.0 Å². The SMILES string of the molecule is CCOC(=O)c1cc(-c2ccccc2)sc1NC(=S)NCc1cnn(C)c1C. The fourth-order valence-electron chi connectivity index (χ4n) is 2.63. The van der Waals surface area contributed by atoms with E-state index in [-0.39, 0.29) is 5.97 Å². The van der Waals surface area contributed by atoms with Crippen molar-refractivity contribution in [2.45, 2.75) is 20.4 Å². The molecular formula is C20H22N4O2S2. The Bertz CT molecular complexity index is 980. The van der Waals surface area contributed by atoms with Crippen molar-refractivity contribution in [2.75, 3.05) is 11.9 Å². The van der Waals surface area contributed by atoms with Crippen LogP contribution in [0.4, 0.5) is 5.00 Å². The van der Waals surface area contributed by atoms with Crippen LogP contribution in [0.2, 0.25) is 0 Å². The Balaban J connectivity index is 1.77. The van der Waals surface area contributed by atoms with Crippen LogP contribution in [0.1, 0.15) is 28.5 Å². The van der Waals surface area contributed by atoms with Crippen LogP contribution in [0.15, 0.2) is 42.6 Å². The molecule has 2 N–H and O–H groups in total. The molecule has 2 heterocycles. The first-order chi connectivity index (χ1) is 13.5. The summed E-state index contributed by atoms with van der Waals surface area (Å²) in [6, 6.07) is 11.7. The van der Waals surface area contributed by atoms with Gasteiger partial charge in [-0.3, -0.25) is 4.68 Å². The molecule has 1 aromatic carbocycles. The molecule has 0 radical (unpaired) electrons. The Kier molecular flexibility index (Phi) is 6.43. The van der Waals surface area contributed by atoms with Crippen molar-refractivity contribution in [1.82, 2.24) is 15.1 Å². The highest BCUT2D eigenvalue weighted by Crippen LogP contribution is 2.35. The second-order valence-corrected chi connectivity index (χ2v) is 7.59. The monoisotopic (exact) mass is 414 g/mol. The standard InChI is InChI=1S/C20H22N4O2S2/c1-4-26-19(25)16-10-17(14-8-6-5-7-9-14)28-18(16)23-20(27)21-11-15-12-22-24(3)13(15)2/h5-10,12H,4,11H2,1-3H3,(H2,21,23,27). The Morgan fingerprint density at radius 2 is 2.07 bits per heavy atom. The molecule has 0 aliphatic rings. The number of esters is 1. The Morgan fingerprint density at radius 3 is 2.71 bits per heavy atom. The molecular weight excluding hydrogens is 392 g/mol. The number of carbonyl (C=O) groups excluding carboxylic acids is 1. The number of hydrogen-bond donors (Lipinski definition) is 2. The summed E-state index contributed by atoms with van der Waals surface area (Å²) >= 11 is 6.90. The summed E-state index contributed by atoms with van der Waals surface area (Å²) in [5, 5.41) is 11.6. The van der Waals surface area contributed by atoms with Crippen molar-refractivity contribution in [3.8, 4) is 10.4 Å². The predicted octanol–water partition coefficient (Wildman–Crippen LogP) is 4.12. The van der Waals surface area contributed by atoms with Gasteiger partial charge in [-0.05, 0) is 37.7 Å². The van der Waals surface area contributed by atoms with E-state index < -0.39 is 0 Å². The molecule has 0 saturated carbocycles. The summed E-state index contributed by atoms with van der Waals surface area (Å²) in [5.41, 5.74) is 3.65. The van der Waals surface area contributed by atoms with Crippen LogP contribution in [0.3, 0.4) is 0 Å². The number of thiocarbonyl (C=S) groups is 1. The first kappa shape index (κ1) is 20.0. The van der Waals surface area contributed by atoms with E-state index in [1.807, 2.05) is 61.2 Å². The van der Waals surface area contributed by atoms with E-state index in [1.165, 1.54) is 11.3 Å². The number of thiophene rings is 1. The van der Waals surface area contributed by atoms with E-state index in [0.29, 0.717) is 28.8 Å². The smallest absolute Gasteiger partial charge is 0.341 e. The maximum Gasteiger partial charge on any atom is 0.341 e. The van der Waals surface area contributed by atoms with Crippen LogP contribution in [-0.4, -0.2) is 27.5 Å². The summed E-state index contributed by atoms with van der Waals surface area (Å²) in [7, 11) is 1.90. The van der Waals surface area contributed by atoms with Crippen molar-refractivity contribution in [3.05, 3.63) is 59.4 Å². The molecule has 0 aliphatic carbocycles. The highest BCUT2D eigenvalue weighted by Gasteiger charge is 2.19. The molecule has 0 atom stereocenters. The van der Waals surface area contributed by atoms with Crippen LogP contribution < -0.4 is 10.6 Å². The van der Waals surface area contributed by atoms with Crippen LogP contribution in [0, 0.1) is 6.92 Å². The molecule has 0 spiro atoms. The van der Waals surface area contributed by atoms with Gasteiger partial charge >= 0.3 is 5.97 Å². The molecule has 0 unspecified atom stereocenters. The quantitative estimate of drug-likeness (QED) is 0.467. The second-order valence-electron chi connectivity index (χ2n) is 6.13. The molecule has 0 fully saturated rings. The van der Waals surface area contributed by atoms with Crippen molar-refractivity contribution in [2.24, 2.45) is 7.05 Å². The number of nitrogens with one attached hydrogen (secondary N) is 2. The zero-order chi connectivity index (χ0) is 20.1. The van der Waals surface area contributed by atoms with Crippen LogP contribution in [-0.2, 0) is 18.3 Å². The van der Waals surface area contributed by atoms with Gasteiger partial charge in [0.2, 0.25) is 0 Å². The lowest BCUT2D eigenvalue weighted by Gasteiger charge is -2.10. The number of benzene rings is 1. The molecule has 0 aliphatic heterocycles. The van der Waals surface area contributed by atoms with Crippen molar-refractivity contribution >= 4 is 39.6 Å². The van der Waals surface area contributed by atoms with Gasteiger partial charge in [0, 0.05) is 29.7 Å². The third-order valence-electron chi connectivity index (χ3n) is 4.29. The highest BCUT2D eigenvalue weighted by molar-refractivity contribution is 7.80. The largest absolute Gasteiger partial charge is 0.462 e. The molecule has 28 heavy (non-hydrogen) atoms. The maximum absolute atomic E-state index is 12.4. The van der Waals surface area contributed by atoms with Gasteiger partial charge in [0.05, 0.1) is 18.4 Å². The van der Waals surface area contributed by atoms with Crippen molar-refractivity contribution in [3.63, 3.8) is 0 Å². The van der Waals surface area contributed by atoms with E-state index in [1.54, 1.807) is 6.92 Å². The first-order valence-electron chi connectivity index (χ1n) is 8.88. The van der Waals surface area contributed by atoms with Crippen LogP contribution >= 0.6 is 23.6 Å². The molecule has 3 rings (SSSR count). The number of nitrogens with zero attached hydrogens (tertiary/aromatic N) is 2. The molecule has 8 heteroatoms. The number of hydrogen-bond acceptors (Lipinski definition) is 5. The van der Waals surface area contributed by atoms with Gasteiger partial charge in [-0.1, -0.05) is 30.3 Å². The van der Waals surface area contributed by atoms with E-state index in [9.17, 15) is 4.79 Å². The van der Waals surface area contributed by atoms with E-state index >= 15 is 0 Å². The normalized spacial score (nSPS) is 10.5. The number of aryl methyl sites for hydroxylation is 1. The lowest BCUT2D eigenvalue weighted by Crippen LogP contribution is -2.28. The van der Waals surface area contributed by atoms with E-state index in [2.05, 4.69) is 15.7 Å². The Morgan fingerprint density at radius 1 is 1.32 bits per heavy atom. The van der Waals surface area contributed by atoms with Gasteiger partial charge in [0.25, 0.3) is 0 Å². The van der Waals surface area contributed by atoms with Gasteiger partial charge in [-0.2, -0.15) is 5.10 Å². The minimum Gasteiger partial charge on any atom is -0.462 e.